The number of hydrogen-bond donors (Lipinski definition) is 1. The van der Waals surface area contributed by atoms with Gasteiger partial charge in [-0.1, -0.05) is 13.8 Å². The van der Waals surface area contributed by atoms with Crippen molar-refractivity contribution < 1.29 is 14.6 Å². The second-order valence-electron chi connectivity index (χ2n) is 4.98. The Balaban J connectivity index is 2.61. The van der Waals surface area contributed by atoms with Gasteiger partial charge in [-0.05, 0) is 20.3 Å². The van der Waals surface area contributed by atoms with Crippen LogP contribution in [0.2, 0.25) is 0 Å². The first-order valence-electron chi connectivity index (χ1n) is 4.78. The second kappa shape index (κ2) is 3.56. The lowest BCUT2D eigenvalue weighted by molar-refractivity contribution is -0.288. The van der Waals surface area contributed by atoms with Crippen molar-refractivity contribution in [2.75, 3.05) is 13.2 Å². The lowest BCUT2D eigenvalue weighted by Gasteiger charge is -2.42. The minimum absolute atomic E-state index is 0.0771. The standard InChI is InChI=1S/C10H20O3/c1-9(2,7-11)8-12-6-5-10(3,4)13-8/h8,11H,5-7H2,1-4H3. The first-order valence-corrected chi connectivity index (χ1v) is 4.78. The van der Waals surface area contributed by atoms with Crippen LogP contribution in [0.1, 0.15) is 34.1 Å². The molecule has 1 rings (SSSR count). The van der Waals surface area contributed by atoms with Gasteiger partial charge in [-0.15, -0.1) is 0 Å². The van der Waals surface area contributed by atoms with Crippen molar-refractivity contribution in [1.29, 1.82) is 0 Å². The smallest absolute Gasteiger partial charge is 0.165 e. The minimum atomic E-state index is -0.322. The molecule has 0 amide bonds. The minimum Gasteiger partial charge on any atom is -0.396 e. The fraction of sp³-hybridized carbons (Fsp3) is 1.00. The van der Waals surface area contributed by atoms with Crippen molar-refractivity contribution in [1.82, 2.24) is 0 Å². The summed E-state index contributed by atoms with van der Waals surface area (Å²) in [5.74, 6) is 0. The third kappa shape index (κ3) is 2.66. The summed E-state index contributed by atoms with van der Waals surface area (Å²) in [7, 11) is 0. The van der Waals surface area contributed by atoms with Gasteiger partial charge in [0.15, 0.2) is 6.29 Å². The lowest BCUT2D eigenvalue weighted by Crippen LogP contribution is -2.47. The van der Waals surface area contributed by atoms with E-state index in [0.717, 1.165) is 6.42 Å². The van der Waals surface area contributed by atoms with E-state index in [1.54, 1.807) is 0 Å². The summed E-state index contributed by atoms with van der Waals surface area (Å²) < 4.78 is 11.2. The van der Waals surface area contributed by atoms with Gasteiger partial charge in [0.05, 0.1) is 18.8 Å². The van der Waals surface area contributed by atoms with E-state index in [4.69, 9.17) is 14.6 Å². The van der Waals surface area contributed by atoms with Crippen molar-refractivity contribution in [3.8, 4) is 0 Å². The Hall–Kier alpha value is -0.120. The summed E-state index contributed by atoms with van der Waals surface area (Å²) in [6.45, 7) is 8.78. The number of hydrogen-bond acceptors (Lipinski definition) is 3. The zero-order chi connectivity index (χ0) is 10.1. The largest absolute Gasteiger partial charge is 0.396 e. The van der Waals surface area contributed by atoms with Gasteiger partial charge in [0.25, 0.3) is 0 Å². The van der Waals surface area contributed by atoms with E-state index in [0.29, 0.717) is 6.61 Å². The number of aliphatic hydroxyl groups excluding tert-OH is 1. The summed E-state index contributed by atoms with van der Waals surface area (Å²) in [6, 6.07) is 0. The van der Waals surface area contributed by atoms with Crippen LogP contribution in [0.25, 0.3) is 0 Å². The van der Waals surface area contributed by atoms with Crippen LogP contribution in [-0.4, -0.2) is 30.2 Å². The van der Waals surface area contributed by atoms with Gasteiger partial charge in [-0.25, -0.2) is 0 Å². The molecular formula is C10H20O3. The van der Waals surface area contributed by atoms with Gasteiger partial charge in [-0.3, -0.25) is 0 Å². The van der Waals surface area contributed by atoms with E-state index >= 15 is 0 Å². The molecule has 1 heterocycles. The van der Waals surface area contributed by atoms with Gasteiger partial charge in [0.1, 0.15) is 0 Å². The fourth-order valence-electron chi connectivity index (χ4n) is 1.25. The molecule has 1 fully saturated rings. The van der Waals surface area contributed by atoms with Crippen molar-refractivity contribution in [2.45, 2.75) is 46.0 Å². The molecule has 0 bridgehead atoms. The Labute approximate surface area is 80.0 Å². The Kier molecular flexibility index (Phi) is 3.00. The highest BCUT2D eigenvalue weighted by molar-refractivity contribution is 4.80. The quantitative estimate of drug-likeness (QED) is 0.714. The van der Waals surface area contributed by atoms with Crippen LogP contribution in [0.5, 0.6) is 0 Å². The number of ether oxygens (including phenoxy) is 2. The maximum Gasteiger partial charge on any atom is 0.165 e. The molecule has 1 N–H and O–H groups in total. The van der Waals surface area contributed by atoms with Crippen LogP contribution >= 0.6 is 0 Å². The molecule has 1 aliphatic rings. The molecule has 0 aliphatic carbocycles. The first kappa shape index (κ1) is 11.0. The number of aliphatic hydroxyl groups is 1. The molecule has 3 nitrogen and oxygen atoms in total. The van der Waals surface area contributed by atoms with E-state index in [1.807, 2.05) is 13.8 Å². The molecular weight excluding hydrogens is 168 g/mol. The van der Waals surface area contributed by atoms with Crippen LogP contribution in [0.3, 0.4) is 0 Å². The van der Waals surface area contributed by atoms with E-state index in [2.05, 4.69) is 13.8 Å². The molecule has 78 valence electrons. The van der Waals surface area contributed by atoms with Crippen LogP contribution in [-0.2, 0) is 9.47 Å². The zero-order valence-electron chi connectivity index (χ0n) is 8.96. The maximum absolute atomic E-state index is 9.16. The van der Waals surface area contributed by atoms with E-state index in [-0.39, 0.29) is 23.9 Å². The Morgan fingerprint density at radius 2 is 2.08 bits per heavy atom. The van der Waals surface area contributed by atoms with E-state index < -0.39 is 0 Å². The van der Waals surface area contributed by atoms with Crippen LogP contribution < -0.4 is 0 Å². The van der Waals surface area contributed by atoms with Crippen LogP contribution in [0, 0.1) is 5.41 Å². The van der Waals surface area contributed by atoms with E-state index in [9.17, 15) is 0 Å². The predicted octanol–water partition coefficient (Wildman–Crippen LogP) is 1.55. The van der Waals surface area contributed by atoms with Crippen molar-refractivity contribution >= 4 is 0 Å². The average Bonchev–Trinajstić information content (AvgIpc) is 2.03. The Morgan fingerprint density at radius 3 is 2.54 bits per heavy atom. The molecule has 1 aliphatic heterocycles. The van der Waals surface area contributed by atoms with Gasteiger partial charge in [0.2, 0.25) is 0 Å². The topological polar surface area (TPSA) is 38.7 Å². The normalized spacial score (nSPS) is 28.8. The zero-order valence-corrected chi connectivity index (χ0v) is 8.96. The summed E-state index contributed by atoms with van der Waals surface area (Å²) in [5.41, 5.74) is -0.451. The molecule has 0 aromatic carbocycles. The predicted molar refractivity (Wildman–Crippen MR) is 50.4 cm³/mol. The Bertz CT molecular complexity index is 175. The van der Waals surface area contributed by atoms with Crippen molar-refractivity contribution in [2.24, 2.45) is 5.41 Å². The monoisotopic (exact) mass is 188 g/mol. The fourth-order valence-corrected chi connectivity index (χ4v) is 1.25. The molecule has 0 spiro atoms. The van der Waals surface area contributed by atoms with Crippen LogP contribution in [0.15, 0.2) is 0 Å². The van der Waals surface area contributed by atoms with Crippen molar-refractivity contribution in [3.63, 3.8) is 0 Å². The van der Waals surface area contributed by atoms with Gasteiger partial charge >= 0.3 is 0 Å². The molecule has 0 saturated carbocycles. The number of rotatable bonds is 2. The maximum atomic E-state index is 9.16. The highest BCUT2D eigenvalue weighted by Gasteiger charge is 2.38. The Morgan fingerprint density at radius 1 is 1.46 bits per heavy atom. The molecule has 0 aromatic rings. The average molecular weight is 188 g/mol. The molecule has 0 radical (unpaired) electrons. The third-order valence-corrected chi connectivity index (χ3v) is 2.45. The van der Waals surface area contributed by atoms with Gasteiger partial charge in [0, 0.05) is 5.41 Å². The van der Waals surface area contributed by atoms with Gasteiger partial charge in [-0.2, -0.15) is 0 Å². The highest BCUT2D eigenvalue weighted by atomic mass is 16.7. The lowest BCUT2D eigenvalue weighted by atomic mass is 9.92. The van der Waals surface area contributed by atoms with Crippen molar-refractivity contribution in [3.05, 3.63) is 0 Å². The van der Waals surface area contributed by atoms with Crippen LogP contribution in [0.4, 0.5) is 0 Å². The third-order valence-electron chi connectivity index (χ3n) is 2.45. The highest BCUT2D eigenvalue weighted by Crippen LogP contribution is 2.32. The summed E-state index contributed by atoms with van der Waals surface area (Å²) >= 11 is 0. The first-order chi connectivity index (χ1) is 5.87. The molecule has 1 unspecified atom stereocenters. The molecule has 3 heteroatoms. The molecule has 1 saturated heterocycles. The molecule has 0 aromatic heterocycles. The SMILES string of the molecule is CC1(C)CCOC(C(C)(C)CO)O1. The summed E-state index contributed by atoms with van der Waals surface area (Å²) in [5, 5.41) is 9.16. The summed E-state index contributed by atoms with van der Waals surface area (Å²) in [6.07, 6.45) is 0.617. The molecule has 13 heavy (non-hydrogen) atoms. The second-order valence-corrected chi connectivity index (χ2v) is 4.98. The summed E-state index contributed by atoms with van der Waals surface area (Å²) in [4.78, 5) is 0. The van der Waals surface area contributed by atoms with E-state index in [1.165, 1.54) is 0 Å². The molecule has 1 atom stereocenters. The van der Waals surface area contributed by atoms with Gasteiger partial charge < -0.3 is 14.6 Å².